The van der Waals surface area contributed by atoms with Crippen molar-refractivity contribution < 1.29 is 0 Å². The van der Waals surface area contributed by atoms with Crippen molar-refractivity contribution in [1.82, 2.24) is 10.2 Å². The molecule has 0 unspecified atom stereocenters. The minimum absolute atomic E-state index is 0.462. The first-order chi connectivity index (χ1) is 7.86. The zero-order valence-corrected chi connectivity index (χ0v) is 10.2. The van der Waals surface area contributed by atoms with Crippen LogP contribution in [-0.4, -0.2) is 31.1 Å². The van der Waals surface area contributed by atoms with E-state index < -0.39 is 0 Å². The molecular formula is C14H22N2. The fourth-order valence-electron chi connectivity index (χ4n) is 2.30. The van der Waals surface area contributed by atoms with Gasteiger partial charge in [0.15, 0.2) is 0 Å². The van der Waals surface area contributed by atoms with Crippen molar-refractivity contribution in [2.75, 3.05) is 26.2 Å². The molecule has 88 valence electrons. The van der Waals surface area contributed by atoms with E-state index in [0.29, 0.717) is 6.04 Å². The minimum atomic E-state index is 0.462. The maximum Gasteiger partial charge on any atom is 0.0292 e. The van der Waals surface area contributed by atoms with Crippen molar-refractivity contribution in [2.24, 2.45) is 0 Å². The number of nitrogens with zero attached hydrogens (tertiary/aromatic N) is 1. The van der Waals surface area contributed by atoms with E-state index in [4.69, 9.17) is 0 Å². The number of hydrogen-bond donors (Lipinski definition) is 1. The van der Waals surface area contributed by atoms with Crippen LogP contribution < -0.4 is 5.32 Å². The van der Waals surface area contributed by atoms with Gasteiger partial charge < -0.3 is 10.2 Å². The van der Waals surface area contributed by atoms with Gasteiger partial charge in [0.25, 0.3) is 0 Å². The molecule has 2 rings (SSSR count). The second-order valence-electron chi connectivity index (χ2n) is 4.64. The molecule has 0 aliphatic carbocycles. The molecule has 0 spiro atoms. The summed E-state index contributed by atoms with van der Waals surface area (Å²) in [6, 6.07) is 11.1. The molecule has 1 N–H and O–H groups in total. The number of nitrogens with one attached hydrogen (secondary N) is 1. The standard InChI is InChI=1S/C14H22N2/c1-13(14-7-3-2-4-8-14)15-9-12-16-10-5-6-11-16/h2-4,7-8,13,15H,5-6,9-12H2,1H3/t13-/m0/s1. The molecule has 0 radical (unpaired) electrons. The fraction of sp³-hybridized carbons (Fsp3) is 0.571. The summed E-state index contributed by atoms with van der Waals surface area (Å²) >= 11 is 0. The quantitative estimate of drug-likeness (QED) is 0.816. The van der Waals surface area contributed by atoms with Gasteiger partial charge in [0.2, 0.25) is 0 Å². The van der Waals surface area contributed by atoms with Crippen LogP contribution in [0.3, 0.4) is 0 Å². The van der Waals surface area contributed by atoms with Gasteiger partial charge in [-0.1, -0.05) is 30.3 Å². The fourth-order valence-corrected chi connectivity index (χ4v) is 2.30. The van der Waals surface area contributed by atoms with E-state index in [1.807, 2.05) is 0 Å². The Morgan fingerprint density at radius 1 is 1.19 bits per heavy atom. The Bertz CT molecular complexity index is 291. The maximum atomic E-state index is 3.58. The number of hydrogen-bond acceptors (Lipinski definition) is 2. The Balaban J connectivity index is 1.69. The molecule has 1 heterocycles. The first-order valence-corrected chi connectivity index (χ1v) is 6.37. The topological polar surface area (TPSA) is 15.3 Å². The van der Waals surface area contributed by atoms with Crippen LogP contribution in [-0.2, 0) is 0 Å². The third-order valence-electron chi connectivity index (χ3n) is 3.38. The molecule has 0 aromatic heterocycles. The highest BCUT2D eigenvalue weighted by molar-refractivity contribution is 5.17. The van der Waals surface area contributed by atoms with Gasteiger partial charge in [-0.15, -0.1) is 0 Å². The van der Waals surface area contributed by atoms with E-state index in [-0.39, 0.29) is 0 Å². The second kappa shape index (κ2) is 6.02. The summed E-state index contributed by atoms with van der Waals surface area (Å²) in [5.74, 6) is 0. The SMILES string of the molecule is C[C@H](NCCN1CCCC1)c1ccccc1. The van der Waals surface area contributed by atoms with E-state index in [0.717, 1.165) is 6.54 Å². The molecule has 1 aliphatic heterocycles. The summed E-state index contributed by atoms with van der Waals surface area (Å²) in [5.41, 5.74) is 1.38. The lowest BCUT2D eigenvalue weighted by Gasteiger charge is -2.18. The molecule has 1 aromatic rings. The highest BCUT2D eigenvalue weighted by atomic mass is 15.1. The highest BCUT2D eigenvalue weighted by Gasteiger charge is 2.11. The normalized spacial score (nSPS) is 18.8. The van der Waals surface area contributed by atoms with Crippen LogP contribution in [0.5, 0.6) is 0 Å². The van der Waals surface area contributed by atoms with Gasteiger partial charge in [0, 0.05) is 19.1 Å². The predicted molar refractivity (Wildman–Crippen MR) is 68.5 cm³/mol. The van der Waals surface area contributed by atoms with Crippen molar-refractivity contribution >= 4 is 0 Å². The van der Waals surface area contributed by atoms with Crippen LogP contribution >= 0.6 is 0 Å². The minimum Gasteiger partial charge on any atom is -0.309 e. The van der Waals surface area contributed by atoms with E-state index in [1.165, 1.54) is 38.0 Å². The first kappa shape index (κ1) is 11.6. The zero-order valence-electron chi connectivity index (χ0n) is 10.2. The number of rotatable bonds is 5. The van der Waals surface area contributed by atoms with E-state index in [9.17, 15) is 0 Å². The van der Waals surface area contributed by atoms with Crippen LogP contribution in [0.4, 0.5) is 0 Å². The molecule has 0 bridgehead atoms. The van der Waals surface area contributed by atoms with E-state index >= 15 is 0 Å². The maximum absolute atomic E-state index is 3.58. The summed E-state index contributed by atoms with van der Waals surface area (Å²) in [4.78, 5) is 2.55. The highest BCUT2D eigenvalue weighted by Crippen LogP contribution is 2.11. The van der Waals surface area contributed by atoms with Crippen LogP contribution in [0.25, 0.3) is 0 Å². The van der Waals surface area contributed by atoms with Crippen molar-refractivity contribution in [3.8, 4) is 0 Å². The average Bonchev–Trinajstić information content (AvgIpc) is 2.83. The average molecular weight is 218 g/mol. The van der Waals surface area contributed by atoms with Gasteiger partial charge >= 0.3 is 0 Å². The predicted octanol–water partition coefficient (Wildman–Crippen LogP) is 2.43. The first-order valence-electron chi connectivity index (χ1n) is 6.37. The zero-order chi connectivity index (χ0) is 11.2. The molecule has 1 fully saturated rings. The monoisotopic (exact) mass is 218 g/mol. The van der Waals surface area contributed by atoms with E-state index in [2.05, 4.69) is 47.5 Å². The molecule has 2 heteroatoms. The number of benzene rings is 1. The van der Waals surface area contributed by atoms with Crippen LogP contribution in [0.1, 0.15) is 31.4 Å². The Labute approximate surface area is 98.7 Å². The van der Waals surface area contributed by atoms with Gasteiger partial charge in [-0.2, -0.15) is 0 Å². The Morgan fingerprint density at radius 2 is 1.88 bits per heavy atom. The summed E-state index contributed by atoms with van der Waals surface area (Å²) in [7, 11) is 0. The third-order valence-corrected chi connectivity index (χ3v) is 3.38. The van der Waals surface area contributed by atoms with Crippen molar-refractivity contribution in [1.29, 1.82) is 0 Å². The smallest absolute Gasteiger partial charge is 0.0292 e. The van der Waals surface area contributed by atoms with Gasteiger partial charge in [-0.3, -0.25) is 0 Å². The molecule has 1 aliphatic rings. The van der Waals surface area contributed by atoms with Crippen LogP contribution in [0.2, 0.25) is 0 Å². The van der Waals surface area contributed by atoms with Gasteiger partial charge in [0.05, 0.1) is 0 Å². The Kier molecular flexibility index (Phi) is 4.37. The second-order valence-corrected chi connectivity index (χ2v) is 4.64. The summed E-state index contributed by atoms with van der Waals surface area (Å²) < 4.78 is 0. The number of likely N-dealkylation sites (tertiary alicyclic amines) is 1. The van der Waals surface area contributed by atoms with Crippen molar-refractivity contribution in [2.45, 2.75) is 25.8 Å². The van der Waals surface area contributed by atoms with Crippen LogP contribution in [0.15, 0.2) is 30.3 Å². The lowest BCUT2D eigenvalue weighted by atomic mass is 10.1. The summed E-state index contributed by atoms with van der Waals surface area (Å²) in [6.07, 6.45) is 2.77. The van der Waals surface area contributed by atoms with Crippen molar-refractivity contribution in [3.63, 3.8) is 0 Å². The van der Waals surface area contributed by atoms with Gasteiger partial charge in [-0.25, -0.2) is 0 Å². The Hall–Kier alpha value is -0.860. The molecule has 1 aromatic carbocycles. The molecule has 16 heavy (non-hydrogen) atoms. The largest absolute Gasteiger partial charge is 0.309 e. The van der Waals surface area contributed by atoms with E-state index in [1.54, 1.807) is 0 Å². The Morgan fingerprint density at radius 3 is 2.56 bits per heavy atom. The molecule has 0 amide bonds. The lowest BCUT2D eigenvalue weighted by Crippen LogP contribution is -2.31. The third kappa shape index (κ3) is 3.32. The summed E-state index contributed by atoms with van der Waals surface area (Å²) in [6.45, 7) is 7.11. The van der Waals surface area contributed by atoms with Gasteiger partial charge in [0.1, 0.15) is 0 Å². The van der Waals surface area contributed by atoms with Crippen LogP contribution in [0, 0.1) is 0 Å². The van der Waals surface area contributed by atoms with Crippen molar-refractivity contribution in [3.05, 3.63) is 35.9 Å². The van der Waals surface area contributed by atoms with Gasteiger partial charge in [-0.05, 0) is 38.4 Å². The molecule has 2 nitrogen and oxygen atoms in total. The molecule has 1 atom stereocenters. The lowest BCUT2D eigenvalue weighted by molar-refractivity contribution is 0.330. The summed E-state index contributed by atoms with van der Waals surface area (Å²) in [5, 5.41) is 3.58. The molecular weight excluding hydrogens is 196 g/mol. The molecule has 0 saturated carbocycles. The molecule has 1 saturated heterocycles.